The van der Waals surface area contributed by atoms with Crippen LogP contribution in [0.5, 0.6) is 0 Å². The van der Waals surface area contributed by atoms with E-state index in [-0.39, 0.29) is 0 Å². The molecule has 0 radical (unpaired) electrons. The van der Waals surface area contributed by atoms with Gasteiger partial charge in [0.1, 0.15) is 6.29 Å². The minimum atomic E-state index is 0.476. The lowest BCUT2D eigenvalue weighted by molar-refractivity contribution is -0.107. The fraction of sp³-hybridized carbons (Fsp3) is 0.273. The van der Waals surface area contributed by atoms with Crippen molar-refractivity contribution in [2.24, 2.45) is 0 Å². The van der Waals surface area contributed by atoms with Crippen molar-refractivity contribution in [2.45, 2.75) is 19.8 Å². The Balaban J connectivity index is 2.97. The quantitative estimate of drug-likeness (QED) is 0.657. The number of hydrogen-bond acceptors (Lipinski definition) is 2. The van der Waals surface area contributed by atoms with Crippen LogP contribution < -0.4 is 0 Å². The third-order valence-corrected chi connectivity index (χ3v) is 2.06. The Kier molecular flexibility index (Phi) is 3.38. The summed E-state index contributed by atoms with van der Waals surface area (Å²) in [6, 6.07) is 5.69. The second-order valence-corrected chi connectivity index (χ2v) is 2.97. The minimum Gasteiger partial charge on any atom is -0.303 e. The molecular weight excluding hydrogens is 164 g/mol. The van der Waals surface area contributed by atoms with Gasteiger partial charge in [-0.25, -0.2) is 0 Å². The van der Waals surface area contributed by atoms with E-state index in [1.165, 1.54) is 0 Å². The molecule has 0 saturated carbocycles. The molecule has 2 nitrogen and oxygen atoms in total. The maximum atomic E-state index is 10.7. The van der Waals surface area contributed by atoms with Crippen LogP contribution in [-0.4, -0.2) is 12.6 Å². The molecule has 0 aromatic heterocycles. The number of aldehydes is 2. The topological polar surface area (TPSA) is 34.1 Å². The average molecular weight is 176 g/mol. The molecule has 1 aromatic carbocycles. The normalized spacial score (nSPS) is 9.62. The molecule has 1 rings (SSSR count). The van der Waals surface area contributed by atoms with Gasteiger partial charge in [-0.3, -0.25) is 4.79 Å². The van der Waals surface area contributed by atoms with Gasteiger partial charge in [-0.05, 0) is 24.5 Å². The molecule has 13 heavy (non-hydrogen) atoms. The summed E-state index contributed by atoms with van der Waals surface area (Å²) in [7, 11) is 0. The van der Waals surface area contributed by atoms with Crippen LogP contribution in [0.4, 0.5) is 0 Å². The Morgan fingerprint density at radius 2 is 2.08 bits per heavy atom. The Morgan fingerprint density at radius 1 is 1.31 bits per heavy atom. The molecule has 0 atom stereocenters. The summed E-state index contributed by atoms with van der Waals surface area (Å²) in [6.07, 6.45) is 2.86. The SMILES string of the molecule is Cc1cccc(CCC=O)c1C=O. The predicted octanol–water partition coefficient (Wildman–Crippen LogP) is 1.94. The average Bonchev–Trinajstić information content (AvgIpc) is 2.15. The molecule has 0 N–H and O–H groups in total. The van der Waals surface area contributed by atoms with Gasteiger partial charge < -0.3 is 4.79 Å². The molecule has 0 aliphatic carbocycles. The van der Waals surface area contributed by atoms with E-state index in [4.69, 9.17) is 0 Å². The third-order valence-electron chi connectivity index (χ3n) is 2.06. The van der Waals surface area contributed by atoms with Gasteiger partial charge in [0.05, 0.1) is 0 Å². The van der Waals surface area contributed by atoms with Crippen LogP contribution in [0.15, 0.2) is 18.2 Å². The van der Waals surface area contributed by atoms with Crippen molar-refractivity contribution in [2.75, 3.05) is 0 Å². The van der Waals surface area contributed by atoms with E-state index in [1.54, 1.807) is 0 Å². The Labute approximate surface area is 77.6 Å². The van der Waals surface area contributed by atoms with E-state index >= 15 is 0 Å². The summed E-state index contributed by atoms with van der Waals surface area (Å²) in [4.78, 5) is 20.9. The number of rotatable bonds is 4. The van der Waals surface area contributed by atoms with Crippen molar-refractivity contribution in [3.05, 3.63) is 34.9 Å². The van der Waals surface area contributed by atoms with Crippen molar-refractivity contribution < 1.29 is 9.59 Å². The number of carbonyl (C=O) groups excluding carboxylic acids is 2. The lowest BCUT2D eigenvalue weighted by Gasteiger charge is -2.04. The molecule has 0 amide bonds. The standard InChI is InChI=1S/C11H12O2/c1-9-4-2-5-10(6-3-7-12)11(9)8-13/h2,4-5,7-8H,3,6H2,1H3. The van der Waals surface area contributed by atoms with Crippen LogP contribution in [0, 0.1) is 6.92 Å². The molecule has 68 valence electrons. The maximum absolute atomic E-state index is 10.7. The van der Waals surface area contributed by atoms with Crippen LogP contribution in [0.2, 0.25) is 0 Å². The lowest BCUT2D eigenvalue weighted by atomic mass is 10.00. The van der Waals surface area contributed by atoms with E-state index in [1.807, 2.05) is 25.1 Å². The summed E-state index contributed by atoms with van der Waals surface area (Å²) in [5.41, 5.74) is 2.66. The Bertz CT molecular complexity index is 316. The zero-order chi connectivity index (χ0) is 9.68. The first-order valence-corrected chi connectivity index (χ1v) is 4.27. The zero-order valence-corrected chi connectivity index (χ0v) is 7.62. The molecule has 0 aliphatic heterocycles. The Morgan fingerprint density at radius 3 is 2.69 bits per heavy atom. The Hall–Kier alpha value is -1.44. The van der Waals surface area contributed by atoms with Crippen molar-refractivity contribution >= 4 is 12.6 Å². The maximum Gasteiger partial charge on any atom is 0.150 e. The second kappa shape index (κ2) is 4.55. The van der Waals surface area contributed by atoms with Crippen LogP contribution in [0.25, 0.3) is 0 Å². The van der Waals surface area contributed by atoms with Crippen LogP contribution in [0.3, 0.4) is 0 Å². The van der Waals surface area contributed by atoms with Crippen molar-refractivity contribution in [3.63, 3.8) is 0 Å². The minimum absolute atomic E-state index is 0.476. The smallest absolute Gasteiger partial charge is 0.150 e. The molecule has 0 unspecified atom stereocenters. The van der Waals surface area contributed by atoms with Gasteiger partial charge in [-0.15, -0.1) is 0 Å². The van der Waals surface area contributed by atoms with Gasteiger partial charge in [-0.1, -0.05) is 18.2 Å². The van der Waals surface area contributed by atoms with E-state index in [9.17, 15) is 9.59 Å². The highest BCUT2D eigenvalue weighted by Crippen LogP contribution is 2.13. The largest absolute Gasteiger partial charge is 0.303 e. The highest BCUT2D eigenvalue weighted by atomic mass is 16.1. The monoisotopic (exact) mass is 176 g/mol. The van der Waals surface area contributed by atoms with E-state index < -0.39 is 0 Å². The fourth-order valence-corrected chi connectivity index (χ4v) is 1.34. The number of carbonyl (C=O) groups is 2. The first kappa shape index (κ1) is 9.65. The molecule has 2 heteroatoms. The number of hydrogen-bond donors (Lipinski definition) is 0. The molecular formula is C11H12O2. The summed E-state index contributed by atoms with van der Waals surface area (Å²) < 4.78 is 0. The summed E-state index contributed by atoms with van der Waals surface area (Å²) in [5.74, 6) is 0. The van der Waals surface area contributed by atoms with Crippen molar-refractivity contribution in [3.8, 4) is 0 Å². The molecule has 0 aliphatic rings. The van der Waals surface area contributed by atoms with Gasteiger partial charge in [0.2, 0.25) is 0 Å². The van der Waals surface area contributed by atoms with Crippen LogP contribution in [-0.2, 0) is 11.2 Å². The fourth-order valence-electron chi connectivity index (χ4n) is 1.34. The third kappa shape index (κ3) is 2.25. The summed E-state index contributed by atoms with van der Waals surface area (Å²) in [6.45, 7) is 1.90. The molecule has 0 fully saturated rings. The van der Waals surface area contributed by atoms with Gasteiger partial charge in [0.25, 0.3) is 0 Å². The van der Waals surface area contributed by atoms with Gasteiger partial charge in [0, 0.05) is 12.0 Å². The molecule has 0 heterocycles. The van der Waals surface area contributed by atoms with Crippen molar-refractivity contribution in [1.29, 1.82) is 0 Å². The zero-order valence-electron chi connectivity index (χ0n) is 7.62. The van der Waals surface area contributed by atoms with Gasteiger partial charge in [-0.2, -0.15) is 0 Å². The van der Waals surface area contributed by atoms with E-state index in [0.29, 0.717) is 12.8 Å². The highest BCUT2D eigenvalue weighted by molar-refractivity contribution is 5.79. The van der Waals surface area contributed by atoms with Crippen LogP contribution >= 0.6 is 0 Å². The van der Waals surface area contributed by atoms with Crippen molar-refractivity contribution in [1.82, 2.24) is 0 Å². The highest BCUT2D eigenvalue weighted by Gasteiger charge is 2.03. The first-order valence-electron chi connectivity index (χ1n) is 4.27. The van der Waals surface area contributed by atoms with Gasteiger partial charge >= 0.3 is 0 Å². The van der Waals surface area contributed by atoms with Gasteiger partial charge in [0.15, 0.2) is 6.29 Å². The van der Waals surface area contributed by atoms with E-state index in [0.717, 1.165) is 29.3 Å². The summed E-state index contributed by atoms with van der Waals surface area (Å²) in [5, 5.41) is 0. The van der Waals surface area contributed by atoms with E-state index in [2.05, 4.69) is 0 Å². The molecule has 0 spiro atoms. The lowest BCUT2D eigenvalue weighted by Crippen LogP contribution is -1.96. The molecule has 0 saturated heterocycles. The number of benzene rings is 1. The second-order valence-electron chi connectivity index (χ2n) is 2.97. The first-order chi connectivity index (χ1) is 6.29. The number of aryl methyl sites for hydroxylation is 2. The molecule has 0 bridgehead atoms. The molecule has 1 aromatic rings. The summed E-state index contributed by atoms with van der Waals surface area (Å²) >= 11 is 0. The predicted molar refractivity (Wildman–Crippen MR) is 51.0 cm³/mol. The van der Waals surface area contributed by atoms with Crippen LogP contribution in [0.1, 0.15) is 27.9 Å².